The number of nitro groups is 1. The molecule has 1 aliphatic rings. The lowest BCUT2D eigenvalue weighted by Crippen LogP contribution is -2.39. The molecule has 1 amide bonds. The van der Waals surface area contributed by atoms with Crippen molar-refractivity contribution in [3.63, 3.8) is 0 Å². The van der Waals surface area contributed by atoms with Crippen LogP contribution in [0.4, 0.5) is 17.3 Å². The molecule has 1 unspecified atom stereocenters. The maximum absolute atomic E-state index is 11.9. The van der Waals surface area contributed by atoms with Gasteiger partial charge in [0.25, 0.3) is 0 Å². The minimum absolute atomic E-state index is 0.0943. The molecule has 21 heavy (non-hydrogen) atoms. The van der Waals surface area contributed by atoms with Crippen molar-refractivity contribution in [2.24, 2.45) is 0 Å². The number of pyridine rings is 1. The summed E-state index contributed by atoms with van der Waals surface area (Å²) < 4.78 is 0. The molecule has 2 rings (SSSR count). The first-order valence-corrected chi connectivity index (χ1v) is 6.97. The third-order valence-electron chi connectivity index (χ3n) is 3.10. The molecule has 0 bridgehead atoms. The van der Waals surface area contributed by atoms with E-state index in [1.54, 1.807) is 13.0 Å². The lowest BCUT2D eigenvalue weighted by atomic mass is 10.3. The fraction of sp³-hybridized carbons (Fsp3) is 0.538. The Morgan fingerprint density at radius 2 is 2.24 bits per heavy atom. The fourth-order valence-corrected chi connectivity index (χ4v) is 1.81. The van der Waals surface area contributed by atoms with Gasteiger partial charge in [-0.15, -0.1) is 0 Å². The van der Waals surface area contributed by atoms with Crippen LogP contribution >= 0.6 is 0 Å². The molecule has 8 heteroatoms. The van der Waals surface area contributed by atoms with E-state index >= 15 is 0 Å². The van der Waals surface area contributed by atoms with Crippen molar-refractivity contribution in [3.05, 3.63) is 22.2 Å². The Balaban J connectivity index is 2.12. The Labute approximate surface area is 122 Å². The molecule has 114 valence electrons. The highest BCUT2D eigenvalue weighted by atomic mass is 16.6. The van der Waals surface area contributed by atoms with Gasteiger partial charge in [-0.1, -0.05) is 0 Å². The van der Waals surface area contributed by atoms with Crippen LogP contribution in [-0.4, -0.2) is 34.4 Å². The number of nitrogens with zero attached hydrogens (tertiary/aromatic N) is 2. The largest absolute Gasteiger partial charge is 0.370 e. The lowest BCUT2D eigenvalue weighted by Gasteiger charge is -2.15. The summed E-state index contributed by atoms with van der Waals surface area (Å²) in [6.07, 6.45) is 1.99. The molecule has 0 radical (unpaired) electrons. The van der Waals surface area contributed by atoms with Gasteiger partial charge in [0, 0.05) is 18.7 Å². The Hall–Kier alpha value is -2.38. The summed E-state index contributed by atoms with van der Waals surface area (Å²) in [5.74, 6) is 0.444. The van der Waals surface area contributed by atoms with E-state index in [-0.39, 0.29) is 23.5 Å². The van der Waals surface area contributed by atoms with E-state index in [2.05, 4.69) is 20.9 Å². The number of nitrogens with one attached hydrogen (secondary N) is 3. The number of amides is 1. The van der Waals surface area contributed by atoms with E-state index in [1.165, 1.54) is 6.07 Å². The second-order valence-corrected chi connectivity index (χ2v) is 5.00. The van der Waals surface area contributed by atoms with Gasteiger partial charge in [0.2, 0.25) is 11.7 Å². The van der Waals surface area contributed by atoms with Gasteiger partial charge in [0.1, 0.15) is 11.9 Å². The SMILES string of the molecule is CCNc1ccc([N+](=O)[O-])c(NC(C)C(=O)NC2CC2)n1. The Morgan fingerprint density at radius 1 is 1.52 bits per heavy atom. The molecule has 8 nitrogen and oxygen atoms in total. The first-order valence-electron chi connectivity index (χ1n) is 6.97. The van der Waals surface area contributed by atoms with Gasteiger partial charge in [-0.2, -0.15) is 0 Å². The lowest BCUT2D eigenvalue weighted by molar-refractivity contribution is -0.384. The van der Waals surface area contributed by atoms with Crippen molar-refractivity contribution in [2.45, 2.75) is 38.8 Å². The molecule has 1 heterocycles. The molecule has 1 aromatic heterocycles. The molecular weight excluding hydrogens is 274 g/mol. The minimum Gasteiger partial charge on any atom is -0.370 e. The predicted molar refractivity (Wildman–Crippen MR) is 79.3 cm³/mol. The van der Waals surface area contributed by atoms with Crippen molar-refractivity contribution in [1.29, 1.82) is 0 Å². The van der Waals surface area contributed by atoms with E-state index in [4.69, 9.17) is 0 Å². The average Bonchev–Trinajstić information content (AvgIpc) is 3.23. The van der Waals surface area contributed by atoms with Crippen LogP contribution in [0.2, 0.25) is 0 Å². The number of rotatable bonds is 7. The van der Waals surface area contributed by atoms with Crippen molar-refractivity contribution < 1.29 is 9.72 Å². The molecule has 1 aliphatic carbocycles. The second-order valence-electron chi connectivity index (χ2n) is 5.00. The molecule has 1 aromatic rings. The van der Waals surface area contributed by atoms with Crippen LogP contribution in [0.25, 0.3) is 0 Å². The van der Waals surface area contributed by atoms with E-state index in [0.717, 1.165) is 12.8 Å². The standard InChI is InChI=1S/C13H19N5O3/c1-3-14-11-7-6-10(18(20)21)12(17-11)15-8(2)13(19)16-9-4-5-9/h6-9H,3-5H2,1-2H3,(H,16,19)(H2,14,15,17). The van der Waals surface area contributed by atoms with Crippen LogP contribution in [0.5, 0.6) is 0 Å². The zero-order chi connectivity index (χ0) is 15.4. The van der Waals surface area contributed by atoms with E-state index < -0.39 is 11.0 Å². The first-order chi connectivity index (χ1) is 10.0. The molecule has 1 saturated carbocycles. The van der Waals surface area contributed by atoms with Gasteiger partial charge in [-0.3, -0.25) is 14.9 Å². The van der Waals surface area contributed by atoms with E-state index in [1.807, 2.05) is 6.92 Å². The molecule has 0 saturated heterocycles. The van der Waals surface area contributed by atoms with Gasteiger partial charge < -0.3 is 16.0 Å². The number of aromatic nitrogens is 1. The topological polar surface area (TPSA) is 109 Å². The summed E-state index contributed by atoms with van der Waals surface area (Å²) in [5.41, 5.74) is -0.150. The Morgan fingerprint density at radius 3 is 2.81 bits per heavy atom. The molecular formula is C13H19N5O3. The van der Waals surface area contributed by atoms with Gasteiger partial charge in [0.15, 0.2) is 0 Å². The maximum atomic E-state index is 11.9. The summed E-state index contributed by atoms with van der Waals surface area (Å²) >= 11 is 0. The van der Waals surface area contributed by atoms with Gasteiger partial charge in [-0.05, 0) is 32.8 Å². The van der Waals surface area contributed by atoms with E-state index in [9.17, 15) is 14.9 Å². The Bertz CT molecular complexity index is 545. The summed E-state index contributed by atoms with van der Waals surface area (Å²) in [5, 5.41) is 19.7. The summed E-state index contributed by atoms with van der Waals surface area (Å²) in [7, 11) is 0. The van der Waals surface area contributed by atoms with Crippen LogP contribution in [0.15, 0.2) is 12.1 Å². The van der Waals surface area contributed by atoms with Crippen LogP contribution < -0.4 is 16.0 Å². The smallest absolute Gasteiger partial charge is 0.311 e. The number of carbonyl (C=O) groups is 1. The van der Waals surface area contributed by atoms with Crippen molar-refractivity contribution in [1.82, 2.24) is 10.3 Å². The van der Waals surface area contributed by atoms with Crippen LogP contribution in [0, 0.1) is 10.1 Å². The molecule has 0 spiro atoms. The number of hydrogen-bond acceptors (Lipinski definition) is 6. The normalized spacial score (nSPS) is 15.1. The number of carbonyl (C=O) groups excluding carboxylic acids is 1. The molecule has 0 aromatic carbocycles. The minimum atomic E-state index is -0.589. The zero-order valence-electron chi connectivity index (χ0n) is 12.0. The maximum Gasteiger partial charge on any atom is 0.311 e. The third kappa shape index (κ3) is 4.04. The van der Waals surface area contributed by atoms with Crippen LogP contribution in [-0.2, 0) is 4.79 Å². The highest BCUT2D eigenvalue weighted by Gasteiger charge is 2.27. The monoisotopic (exact) mass is 293 g/mol. The number of anilines is 2. The Kier molecular flexibility index (Phi) is 4.56. The highest BCUT2D eigenvalue weighted by molar-refractivity contribution is 5.85. The van der Waals surface area contributed by atoms with Gasteiger partial charge >= 0.3 is 5.69 Å². The summed E-state index contributed by atoms with van der Waals surface area (Å²) in [6.45, 7) is 4.22. The number of hydrogen-bond donors (Lipinski definition) is 3. The van der Waals surface area contributed by atoms with Crippen LogP contribution in [0.3, 0.4) is 0 Å². The fourth-order valence-electron chi connectivity index (χ4n) is 1.81. The first kappa shape index (κ1) is 15.0. The zero-order valence-corrected chi connectivity index (χ0v) is 12.0. The third-order valence-corrected chi connectivity index (χ3v) is 3.10. The van der Waals surface area contributed by atoms with Gasteiger partial charge in [-0.25, -0.2) is 4.98 Å². The molecule has 1 atom stereocenters. The van der Waals surface area contributed by atoms with Crippen molar-refractivity contribution >= 4 is 23.2 Å². The van der Waals surface area contributed by atoms with Crippen LogP contribution in [0.1, 0.15) is 26.7 Å². The molecule has 1 fully saturated rings. The average molecular weight is 293 g/mol. The predicted octanol–water partition coefficient (Wildman–Crippen LogP) is 1.50. The van der Waals surface area contributed by atoms with Crippen molar-refractivity contribution in [2.75, 3.05) is 17.2 Å². The quantitative estimate of drug-likeness (QED) is 0.519. The second kappa shape index (κ2) is 6.38. The van der Waals surface area contributed by atoms with E-state index in [0.29, 0.717) is 12.4 Å². The highest BCUT2D eigenvalue weighted by Crippen LogP contribution is 2.25. The van der Waals surface area contributed by atoms with Crippen molar-refractivity contribution in [3.8, 4) is 0 Å². The summed E-state index contributed by atoms with van der Waals surface area (Å²) in [6, 6.07) is 2.58. The molecule has 3 N–H and O–H groups in total. The van der Waals surface area contributed by atoms with Gasteiger partial charge in [0.05, 0.1) is 4.92 Å². The summed E-state index contributed by atoms with van der Waals surface area (Å²) in [4.78, 5) is 26.6. The molecule has 0 aliphatic heterocycles.